The zero-order chi connectivity index (χ0) is 20.1. The van der Waals surface area contributed by atoms with Crippen LogP contribution in [0.5, 0.6) is 0 Å². The van der Waals surface area contributed by atoms with Crippen LogP contribution in [-0.4, -0.2) is 28.2 Å². The van der Waals surface area contributed by atoms with Gasteiger partial charge in [0.1, 0.15) is 5.60 Å². The summed E-state index contributed by atoms with van der Waals surface area (Å²) in [5, 5.41) is 10.9. The monoisotopic (exact) mass is 374 g/mol. The maximum absolute atomic E-state index is 13.6. The van der Waals surface area contributed by atoms with Gasteiger partial charge in [-0.25, -0.2) is 8.78 Å². The normalized spacial score (nSPS) is 24.1. The number of hydrogen-bond acceptors (Lipinski definition) is 3. The Kier molecular flexibility index (Phi) is 4.73. The average Bonchev–Trinajstić information content (AvgIpc) is 2.57. The molecule has 1 saturated heterocycles. The van der Waals surface area contributed by atoms with Gasteiger partial charge < -0.3 is 9.84 Å². The third-order valence-corrected chi connectivity index (χ3v) is 5.29. The molecule has 3 rings (SSSR count). The van der Waals surface area contributed by atoms with E-state index in [1.54, 1.807) is 39.8 Å². The molecule has 27 heavy (non-hydrogen) atoms. The lowest BCUT2D eigenvalue weighted by Crippen LogP contribution is -2.60. The number of halogens is 2. The van der Waals surface area contributed by atoms with Crippen molar-refractivity contribution in [3.05, 3.63) is 59.2 Å². The molecule has 0 saturated carbocycles. The number of aryl methyl sites for hydroxylation is 1. The second kappa shape index (κ2) is 6.50. The molecule has 0 radical (unpaired) electrons. The van der Waals surface area contributed by atoms with Crippen molar-refractivity contribution in [2.24, 2.45) is 0 Å². The van der Waals surface area contributed by atoms with Crippen LogP contribution in [0.4, 0.5) is 8.78 Å². The summed E-state index contributed by atoms with van der Waals surface area (Å²) in [7, 11) is 0. The number of aliphatic hydroxyl groups is 1. The molecule has 1 aliphatic rings. The molecule has 1 fully saturated rings. The van der Waals surface area contributed by atoms with Crippen molar-refractivity contribution in [3.8, 4) is 11.1 Å². The Morgan fingerprint density at radius 3 is 2.19 bits per heavy atom. The Labute approximate surface area is 158 Å². The number of ketones is 1. The molecule has 1 heterocycles. The van der Waals surface area contributed by atoms with E-state index in [0.29, 0.717) is 16.7 Å². The van der Waals surface area contributed by atoms with Crippen molar-refractivity contribution in [2.75, 3.05) is 0 Å². The third kappa shape index (κ3) is 3.42. The summed E-state index contributed by atoms with van der Waals surface area (Å²) < 4.78 is 32.7. The van der Waals surface area contributed by atoms with Crippen molar-refractivity contribution in [3.63, 3.8) is 0 Å². The number of aliphatic hydroxyl groups excluding tert-OH is 1. The molecule has 0 aromatic heterocycles. The zero-order valence-electron chi connectivity index (χ0n) is 16.1. The van der Waals surface area contributed by atoms with E-state index in [1.165, 1.54) is 6.07 Å². The van der Waals surface area contributed by atoms with Gasteiger partial charge in [-0.2, -0.15) is 0 Å². The molecule has 0 spiro atoms. The number of carbonyl (C=O) groups is 1. The van der Waals surface area contributed by atoms with E-state index in [0.717, 1.165) is 17.7 Å². The van der Waals surface area contributed by atoms with E-state index < -0.39 is 34.9 Å². The number of Topliss-reactive ketones (excluding diaryl/α,β-unsaturated/α-hetero) is 1. The van der Waals surface area contributed by atoms with Gasteiger partial charge >= 0.3 is 0 Å². The van der Waals surface area contributed by atoms with Crippen LogP contribution in [0.25, 0.3) is 11.1 Å². The van der Waals surface area contributed by atoms with Crippen molar-refractivity contribution in [1.82, 2.24) is 0 Å². The highest BCUT2D eigenvalue weighted by Gasteiger charge is 2.53. The Balaban J connectivity index is 2.13. The summed E-state index contributed by atoms with van der Waals surface area (Å²) >= 11 is 0. The minimum atomic E-state index is -1.04. The summed E-state index contributed by atoms with van der Waals surface area (Å²) in [6.07, 6.45) is -1.03. The van der Waals surface area contributed by atoms with Gasteiger partial charge in [-0.05, 0) is 69.0 Å². The van der Waals surface area contributed by atoms with Gasteiger partial charge in [0.05, 0.1) is 17.6 Å². The molecule has 2 aromatic rings. The molecule has 0 amide bonds. The highest BCUT2D eigenvalue weighted by atomic mass is 19.2. The van der Waals surface area contributed by atoms with Gasteiger partial charge in [-0.1, -0.05) is 24.3 Å². The van der Waals surface area contributed by atoms with Crippen molar-refractivity contribution in [2.45, 2.75) is 57.8 Å². The van der Waals surface area contributed by atoms with Crippen LogP contribution in [0, 0.1) is 18.6 Å². The van der Waals surface area contributed by atoms with Crippen molar-refractivity contribution >= 4 is 5.78 Å². The van der Waals surface area contributed by atoms with E-state index in [9.17, 15) is 18.7 Å². The van der Waals surface area contributed by atoms with Crippen molar-refractivity contribution in [1.29, 1.82) is 0 Å². The highest BCUT2D eigenvalue weighted by Crippen LogP contribution is 2.43. The minimum Gasteiger partial charge on any atom is -0.389 e. The summed E-state index contributed by atoms with van der Waals surface area (Å²) in [5.41, 5.74) is 0.704. The van der Waals surface area contributed by atoms with Crippen LogP contribution in [0.15, 0.2) is 36.4 Å². The SMILES string of the molecule is Cc1ccc(-c2ccc(F)c(F)c2)cc1C1C(=O)C(C)(C)OC(C)(C)C1O. The summed E-state index contributed by atoms with van der Waals surface area (Å²) in [6, 6.07) is 9.07. The van der Waals surface area contributed by atoms with Crippen LogP contribution in [0.3, 0.4) is 0 Å². The van der Waals surface area contributed by atoms with E-state index in [4.69, 9.17) is 4.74 Å². The maximum Gasteiger partial charge on any atom is 0.174 e. The quantitative estimate of drug-likeness (QED) is 0.839. The smallest absolute Gasteiger partial charge is 0.174 e. The van der Waals surface area contributed by atoms with Crippen LogP contribution < -0.4 is 0 Å². The lowest BCUT2D eigenvalue weighted by atomic mass is 9.72. The fourth-order valence-corrected chi connectivity index (χ4v) is 3.83. The van der Waals surface area contributed by atoms with Crippen molar-refractivity contribution < 1.29 is 23.4 Å². The Morgan fingerprint density at radius 2 is 1.56 bits per heavy atom. The molecule has 5 heteroatoms. The first-order valence-corrected chi connectivity index (χ1v) is 8.92. The summed E-state index contributed by atoms with van der Waals surface area (Å²) in [5.74, 6) is -2.82. The lowest BCUT2D eigenvalue weighted by Gasteiger charge is -2.47. The largest absolute Gasteiger partial charge is 0.389 e. The molecule has 144 valence electrons. The van der Waals surface area contributed by atoms with Crippen LogP contribution in [0.2, 0.25) is 0 Å². The van der Waals surface area contributed by atoms with E-state index in [2.05, 4.69) is 0 Å². The second-order valence-corrected chi connectivity index (χ2v) is 8.20. The van der Waals surface area contributed by atoms with Gasteiger partial charge in [0.15, 0.2) is 17.4 Å². The Morgan fingerprint density at radius 1 is 0.963 bits per heavy atom. The Bertz CT molecular complexity index is 902. The summed E-state index contributed by atoms with van der Waals surface area (Å²) in [6.45, 7) is 8.77. The molecule has 1 aliphatic heterocycles. The lowest BCUT2D eigenvalue weighted by molar-refractivity contribution is -0.210. The molecule has 0 bridgehead atoms. The van der Waals surface area contributed by atoms with Crippen LogP contribution in [-0.2, 0) is 9.53 Å². The van der Waals surface area contributed by atoms with E-state index in [1.807, 2.05) is 13.0 Å². The molecule has 0 aliphatic carbocycles. The molecule has 1 N–H and O–H groups in total. The van der Waals surface area contributed by atoms with Gasteiger partial charge in [-0.15, -0.1) is 0 Å². The molecule has 2 atom stereocenters. The topological polar surface area (TPSA) is 46.5 Å². The predicted octanol–water partition coefficient (Wildman–Crippen LogP) is 4.54. The van der Waals surface area contributed by atoms with Gasteiger partial charge in [0.25, 0.3) is 0 Å². The Hall–Kier alpha value is -2.11. The molecular weight excluding hydrogens is 350 g/mol. The third-order valence-electron chi connectivity index (χ3n) is 5.29. The first kappa shape index (κ1) is 19.6. The van der Waals surface area contributed by atoms with E-state index in [-0.39, 0.29) is 5.78 Å². The molecular formula is C22H24F2O3. The first-order chi connectivity index (χ1) is 12.4. The number of rotatable bonds is 2. The first-order valence-electron chi connectivity index (χ1n) is 8.92. The number of carbonyl (C=O) groups excluding carboxylic acids is 1. The maximum atomic E-state index is 13.6. The number of hydrogen-bond donors (Lipinski definition) is 1. The fourth-order valence-electron chi connectivity index (χ4n) is 3.83. The highest BCUT2D eigenvalue weighted by molar-refractivity contribution is 5.94. The second-order valence-electron chi connectivity index (χ2n) is 8.20. The average molecular weight is 374 g/mol. The molecule has 2 aromatic carbocycles. The minimum absolute atomic E-state index is 0.208. The standard InChI is InChI=1S/C22H24F2O3/c1-12-6-7-13(14-8-9-16(23)17(24)11-14)10-15(12)18-19(25)21(2,3)27-22(4,5)20(18)26/h6-11,18-19,25H,1-5H3. The molecule has 2 unspecified atom stereocenters. The number of benzene rings is 2. The van der Waals surface area contributed by atoms with Gasteiger partial charge in [0, 0.05) is 0 Å². The van der Waals surface area contributed by atoms with E-state index >= 15 is 0 Å². The number of ether oxygens (including phenoxy) is 1. The zero-order valence-corrected chi connectivity index (χ0v) is 16.1. The summed E-state index contributed by atoms with van der Waals surface area (Å²) in [4.78, 5) is 13.0. The molecule has 3 nitrogen and oxygen atoms in total. The predicted molar refractivity (Wildman–Crippen MR) is 99.5 cm³/mol. The van der Waals surface area contributed by atoms with Gasteiger partial charge in [0.2, 0.25) is 0 Å². The van der Waals surface area contributed by atoms with Crippen LogP contribution >= 0.6 is 0 Å². The van der Waals surface area contributed by atoms with Gasteiger partial charge in [-0.3, -0.25) is 4.79 Å². The van der Waals surface area contributed by atoms with Crippen LogP contribution in [0.1, 0.15) is 44.7 Å². The fraction of sp³-hybridized carbons (Fsp3) is 0.409.